The van der Waals surface area contributed by atoms with Crippen LogP contribution in [-0.2, 0) is 6.73 Å². The van der Waals surface area contributed by atoms with E-state index in [-0.39, 0.29) is 11.6 Å². The van der Waals surface area contributed by atoms with Gasteiger partial charge in [0.2, 0.25) is 5.89 Å². The van der Waals surface area contributed by atoms with Gasteiger partial charge in [-0.1, -0.05) is 0 Å². The molecular weight excluding hydrogens is 202 g/mol. The average molecular weight is 209 g/mol. The minimum Gasteiger partial charge on any atom is -0.409 e. The largest absolute Gasteiger partial charge is 0.409 e. The Labute approximate surface area is 84.6 Å². The molecule has 2 rings (SSSR count). The van der Waals surface area contributed by atoms with Crippen molar-refractivity contribution in [3.05, 3.63) is 29.4 Å². The summed E-state index contributed by atoms with van der Waals surface area (Å²) in [6.45, 7) is -0.284. The van der Waals surface area contributed by atoms with Crippen molar-refractivity contribution in [1.82, 2.24) is 14.8 Å². The molecule has 0 aliphatic rings. The molecular formula is C8H7N3O2S. The molecule has 0 atom stereocenters. The number of hydrogen-bond acceptors (Lipinski definition) is 5. The number of aliphatic hydroxyl groups excluding tert-OH is 1. The van der Waals surface area contributed by atoms with E-state index >= 15 is 0 Å². The Morgan fingerprint density at radius 1 is 1.43 bits per heavy atom. The second-order valence-corrected chi connectivity index (χ2v) is 2.90. The van der Waals surface area contributed by atoms with Crippen molar-refractivity contribution in [2.45, 2.75) is 6.73 Å². The number of nitrogens with zero attached hydrogens (tertiary/aromatic N) is 3. The Morgan fingerprint density at radius 2 is 2.14 bits per heavy atom. The first-order chi connectivity index (χ1) is 6.81. The molecule has 0 saturated carbocycles. The van der Waals surface area contributed by atoms with Gasteiger partial charge in [0.15, 0.2) is 0 Å². The molecule has 0 aromatic carbocycles. The minimum atomic E-state index is -0.284. The second kappa shape index (κ2) is 3.69. The van der Waals surface area contributed by atoms with Gasteiger partial charge in [0.1, 0.15) is 6.73 Å². The standard InChI is InChI=1S/C8H7N3O2S/c12-5-11-8(14)13-7(10-11)6-1-3-9-4-2-6/h1-4,12H,5H2. The summed E-state index contributed by atoms with van der Waals surface area (Å²) >= 11 is 4.83. The maximum absolute atomic E-state index is 8.84. The first-order valence-corrected chi connectivity index (χ1v) is 4.31. The second-order valence-electron chi connectivity index (χ2n) is 2.55. The van der Waals surface area contributed by atoms with E-state index < -0.39 is 0 Å². The van der Waals surface area contributed by atoms with E-state index in [0.717, 1.165) is 5.56 Å². The number of rotatable bonds is 2. The zero-order valence-corrected chi connectivity index (χ0v) is 7.94. The fraction of sp³-hybridized carbons (Fsp3) is 0.125. The third kappa shape index (κ3) is 1.57. The molecule has 0 aliphatic heterocycles. The molecule has 0 amide bonds. The predicted octanol–water partition coefficient (Wildman–Crippen LogP) is 1.22. The molecule has 14 heavy (non-hydrogen) atoms. The Hall–Kier alpha value is -1.53. The Balaban J connectivity index is 2.48. The summed E-state index contributed by atoms with van der Waals surface area (Å²) in [7, 11) is 0. The van der Waals surface area contributed by atoms with Gasteiger partial charge >= 0.3 is 0 Å². The summed E-state index contributed by atoms with van der Waals surface area (Å²) in [5.41, 5.74) is 0.776. The van der Waals surface area contributed by atoms with E-state index in [1.165, 1.54) is 4.68 Å². The molecule has 0 unspecified atom stereocenters. The van der Waals surface area contributed by atoms with E-state index in [1.807, 2.05) is 0 Å². The summed E-state index contributed by atoms with van der Waals surface area (Å²) in [5, 5.41) is 12.8. The van der Waals surface area contributed by atoms with Crippen molar-refractivity contribution in [2.24, 2.45) is 0 Å². The molecule has 6 heteroatoms. The molecule has 0 bridgehead atoms. The molecule has 0 radical (unpaired) electrons. The molecule has 5 nitrogen and oxygen atoms in total. The quantitative estimate of drug-likeness (QED) is 0.753. The Kier molecular flexibility index (Phi) is 2.38. The highest BCUT2D eigenvalue weighted by Crippen LogP contribution is 2.15. The summed E-state index contributed by atoms with van der Waals surface area (Å²) in [6.07, 6.45) is 3.26. The van der Waals surface area contributed by atoms with Crippen LogP contribution in [0.3, 0.4) is 0 Å². The summed E-state index contributed by atoms with van der Waals surface area (Å²) in [5.74, 6) is 0.381. The zero-order chi connectivity index (χ0) is 9.97. The highest BCUT2D eigenvalue weighted by Gasteiger charge is 2.06. The van der Waals surface area contributed by atoms with E-state index in [4.69, 9.17) is 21.7 Å². The van der Waals surface area contributed by atoms with Crippen LogP contribution in [0.15, 0.2) is 28.9 Å². The van der Waals surface area contributed by atoms with Gasteiger partial charge in [0.05, 0.1) is 0 Å². The molecule has 2 heterocycles. The van der Waals surface area contributed by atoms with Crippen molar-refractivity contribution in [3.8, 4) is 11.5 Å². The number of hydrogen-bond donors (Lipinski definition) is 1. The lowest BCUT2D eigenvalue weighted by molar-refractivity contribution is 0.190. The fourth-order valence-electron chi connectivity index (χ4n) is 1.01. The lowest BCUT2D eigenvalue weighted by Gasteiger charge is -1.91. The smallest absolute Gasteiger partial charge is 0.289 e. The molecule has 2 aromatic heterocycles. The van der Waals surface area contributed by atoms with E-state index in [0.29, 0.717) is 5.89 Å². The highest BCUT2D eigenvalue weighted by atomic mass is 32.1. The Morgan fingerprint density at radius 3 is 2.71 bits per heavy atom. The van der Waals surface area contributed by atoms with Gasteiger partial charge in [0.25, 0.3) is 4.84 Å². The molecule has 1 N–H and O–H groups in total. The number of aliphatic hydroxyl groups is 1. The van der Waals surface area contributed by atoms with Crippen LogP contribution in [-0.4, -0.2) is 19.9 Å². The SMILES string of the molecule is OCn1nc(-c2ccncc2)oc1=S. The molecule has 0 fully saturated rings. The van der Waals surface area contributed by atoms with Crippen molar-refractivity contribution in [3.63, 3.8) is 0 Å². The van der Waals surface area contributed by atoms with E-state index in [9.17, 15) is 0 Å². The van der Waals surface area contributed by atoms with Crippen molar-refractivity contribution < 1.29 is 9.52 Å². The monoisotopic (exact) mass is 209 g/mol. The number of aromatic nitrogens is 3. The van der Waals surface area contributed by atoms with Gasteiger partial charge in [-0.15, -0.1) is 5.10 Å². The van der Waals surface area contributed by atoms with Crippen LogP contribution in [0.25, 0.3) is 11.5 Å². The van der Waals surface area contributed by atoms with Crippen LogP contribution in [0, 0.1) is 4.84 Å². The lowest BCUT2D eigenvalue weighted by atomic mass is 10.3. The van der Waals surface area contributed by atoms with Crippen LogP contribution < -0.4 is 0 Å². The number of pyridine rings is 1. The maximum Gasteiger partial charge on any atom is 0.289 e. The lowest BCUT2D eigenvalue weighted by Crippen LogP contribution is -1.98. The van der Waals surface area contributed by atoms with E-state index in [1.54, 1.807) is 24.5 Å². The zero-order valence-electron chi connectivity index (χ0n) is 7.12. The molecule has 0 spiro atoms. The fourth-order valence-corrected chi connectivity index (χ4v) is 1.18. The van der Waals surface area contributed by atoms with Crippen molar-refractivity contribution >= 4 is 12.2 Å². The molecule has 72 valence electrons. The third-order valence-corrected chi connectivity index (χ3v) is 1.96. The molecule has 0 aliphatic carbocycles. The summed E-state index contributed by atoms with van der Waals surface area (Å²) in [4.78, 5) is 4.02. The normalized spacial score (nSPS) is 10.4. The highest BCUT2D eigenvalue weighted by molar-refractivity contribution is 7.71. The van der Waals surface area contributed by atoms with Crippen molar-refractivity contribution in [2.75, 3.05) is 0 Å². The maximum atomic E-state index is 8.84. The summed E-state index contributed by atoms with van der Waals surface area (Å²) in [6, 6.07) is 3.50. The van der Waals surface area contributed by atoms with Gasteiger partial charge in [-0.05, 0) is 24.4 Å². The van der Waals surface area contributed by atoms with Crippen LogP contribution in [0.1, 0.15) is 0 Å². The van der Waals surface area contributed by atoms with Gasteiger partial charge < -0.3 is 9.52 Å². The van der Waals surface area contributed by atoms with Gasteiger partial charge in [-0.2, -0.15) is 4.68 Å². The molecule has 0 saturated heterocycles. The predicted molar refractivity (Wildman–Crippen MR) is 50.8 cm³/mol. The first-order valence-electron chi connectivity index (χ1n) is 3.90. The first kappa shape index (κ1) is 9.04. The van der Waals surface area contributed by atoms with E-state index in [2.05, 4.69) is 10.1 Å². The van der Waals surface area contributed by atoms with Gasteiger partial charge in [0, 0.05) is 18.0 Å². The molecule has 2 aromatic rings. The van der Waals surface area contributed by atoms with Gasteiger partial charge in [-0.3, -0.25) is 4.98 Å². The summed E-state index contributed by atoms with van der Waals surface area (Å²) < 4.78 is 6.37. The van der Waals surface area contributed by atoms with Crippen LogP contribution in [0.5, 0.6) is 0 Å². The average Bonchev–Trinajstić information content (AvgIpc) is 2.61. The van der Waals surface area contributed by atoms with Crippen LogP contribution in [0.2, 0.25) is 0 Å². The van der Waals surface area contributed by atoms with Crippen molar-refractivity contribution in [1.29, 1.82) is 0 Å². The van der Waals surface area contributed by atoms with Gasteiger partial charge in [-0.25, -0.2) is 0 Å². The minimum absolute atomic E-state index is 0.152. The van der Waals surface area contributed by atoms with Crippen LogP contribution >= 0.6 is 12.2 Å². The third-order valence-electron chi connectivity index (χ3n) is 1.67. The Bertz CT molecular complexity index is 477. The van der Waals surface area contributed by atoms with Crippen LogP contribution in [0.4, 0.5) is 0 Å². The topological polar surface area (TPSA) is 64.1 Å².